The van der Waals surface area contributed by atoms with E-state index in [0.29, 0.717) is 11.9 Å². The molecule has 0 saturated heterocycles. The Hall–Kier alpha value is -2.17. The molecule has 5 nitrogen and oxygen atoms in total. The van der Waals surface area contributed by atoms with Crippen LogP contribution in [-0.2, 0) is 0 Å². The van der Waals surface area contributed by atoms with Gasteiger partial charge in [0.05, 0.1) is 0 Å². The minimum atomic E-state index is 0.543. The van der Waals surface area contributed by atoms with Crippen molar-refractivity contribution in [2.75, 3.05) is 23.8 Å². The predicted octanol–water partition coefficient (Wildman–Crippen LogP) is 2.87. The lowest BCUT2D eigenvalue weighted by molar-refractivity contribution is 0.698. The van der Waals surface area contributed by atoms with Crippen molar-refractivity contribution >= 4 is 17.6 Å². The first-order valence-electron chi connectivity index (χ1n) is 6.99. The van der Waals surface area contributed by atoms with Gasteiger partial charge in [-0.1, -0.05) is 25.1 Å². The topological polar surface area (TPSA) is 53.9 Å². The van der Waals surface area contributed by atoms with Crippen molar-refractivity contribution in [1.82, 2.24) is 15.0 Å². The third kappa shape index (κ3) is 2.09. The van der Waals surface area contributed by atoms with Crippen LogP contribution < -0.4 is 10.2 Å². The zero-order chi connectivity index (χ0) is 14.1. The van der Waals surface area contributed by atoms with E-state index in [2.05, 4.69) is 56.4 Å². The van der Waals surface area contributed by atoms with Gasteiger partial charge in [0.15, 0.2) is 0 Å². The highest BCUT2D eigenvalue weighted by Gasteiger charge is 2.29. The Balaban J connectivity index is 2.06. The molecular formula is C15H19N5. The van der Waals surface area contributed by atoms with Crippen LogP contribution in [0.1, 0.15) is 30.7 Å². The van der Waals surface area contributed by atoms with Crippen LogP contribution in [0.2, 0.25) is 0 Å². The molecule has 0 bridgehead atoms. The van der Waals surface area contributed by atoms with Crippen LogP contribution in [0.5, 0.6) is 0 Å². The second-order valence-corrected chi connectivity index (χ2v) is 5.03. The molecule has 1 aliphatic heterocycles. The number of anilines is 3. The number of nitrogens with zero attached hydrogens (tertiary/aromatic N) is 4. The first-order chi connectivity index (χ1) is 9.72. The van der Waals surface area contributed by atoms with Crippen LogP contribution in [0.3, 0.4) is 0 Å². The molecule has 2 aromatic rings. The van der Waals surface area contributed by atoms with Gasteiger partial charge in [-0.15, -0.1) is 0 Å². The summed E-state index contributed by atoms with van der Waals surface area (Å²) >= 11 is 0. The second-order valence-electron chi connectivity index (χ2n) is 5.03. The summed E-state index contributed by atoms with van der Waals surface area (Å²) in [4.78, 5) is 15.4. The first kappa shape index (κ1) is 12.8. The molecule has 0 aliphatic carbocycles. The van der Waals surface area contributed by atoms with E-state index in [9.17, 15) is 0 Å². The maximum Gasteiger partial charge on any atom is 0.234 e. The Labute approximate surface area is 119 Å². The summed E-state index contributed by atoms with van der Waals surface area (Å²) in [6, 6.07) is 8.51. The lowest BCUT2D eigenvalue weighted by atomic mass is 9.99. The minimum Gasteiger partial charge on any atom is -0.357 e. The average Bonchev–Trinajstić information content (AvgIpc) is 2.85. The standard InChI is InChI=1S/C15H19N5/c1-4-11-9-20(13-8-6-5-7-12(11)13)15-18-10(2)17-14(16-3)19-15/h5-8,11H,4,9H2,1-3H3,(H,16,17,18,19). The van der Waals surface area contributed by atoms with Crippen molar-refractivity contribution in [2.45, 2.75) is 26.2 Å². The molecule has 20 heavy (non-hydrogen) atoms. The normalized spacial score (nSPS) is 17.1. The average molecular weight is 269 g/mol. The number of hydrogen-bond acceptors (Lipinski definition) is 5. The summed E-state index contributed by atoms with van der Waals surface area (Å²) < 4.78 is 0. The second kappa shape index (κ2) is 5.07. The number of benzene rings is 1. The van der Waals surface area contributed by atoms with Crippen molar-refractivity contribution in [3.63, 3.8) is 0 Å². The highest BCUT2D eigenvalue weighted by molar-refractivity contribution is 5.67. The number of fused-ring (bicyclic) bond motifs is 1. The molecule has 104 valence electrons. The van der Waals surface area contributed by atoms with Gasteiger partial charge in [-0.25, -0.2) is 0 Å². The highest BCUT2D eigenvalue weighted by Crippen LogP contribution is 2.40. The molecule has 5 heteroatoms. The van der Waals surface area contributed by atoms with E-state index in [-0.39, 0.29) is 0 Å². The lowest BCUT2D eigenvalue weighted by Gasteiger charge is -2.18. The Morgan fingerprint density at radius 2 is 2.05 bits per heavy atom. The van der Waals surface area contributed by atoms with Gasteiger partial charge in [0.2, 0.25) is 11.9 Å². The lowest BCUT2D eigenvalue weighted by Crippen LogP contribution is -2.19. The zero-order valence-electron chi connectivity index (χ0n) is 12.1. The monoisotopic (exact) mass is 269 g/mol. The predicted molar refractivity (Wildman–Crippen MR) is 80.6 cm³/mol. The molecule has 1 aliphatic rings. The molecule has 1 unspecified atom stereocenters. The molecule has 1 aromatic carbocycles. The first-order valence-corrected chi connectivity index (χ1v) is 6.99. The third-order valence-electron chi connectivity index (χ3n) is 3.76. The Morgan fingerprint density at radius 3 is 2.80 bits per heavy atom. The number of rotatable bonds is 3. The molecule has 2 heterocycles. The molecule has 1 N–H and O–H groups in total. The van der Waals surface area contributed by atoms with Crippen LogP contribution in [-0.4, -0.2) is 28.5 Å². The molecule has 0 radical (unpaired) electrons. The van der Waals surface area contributed by atoms with Crippen molar-refractivity contribution in [1.29, 1.82) is 0 Å². The van der Waals surface area contributed by atoms with Crippen LogP contribution in [0.25, 0.3) is 0 Å². The number of aromatic nitrogens is 3. The maximum absolute atomic E-state index is 4.50. The molecule has 0 saturated carbocycles. The Morgan fingerprint density at radius 1 is 1.25 bits per heavy atom. The summed E-state index contributed by atoms with van der Waals surface area (Å²) in [6.45, 7) is 5.05. The van der Waals surface area contributed by atoms with E-state index in [1.54, 1.807) is 0 Å². The van der Waals surface area contributed by atoms with Crippen LogP contribution in [0.4, 0.5) is 17.6 Å². The summed E-state index contributed by atoms with van der Waals surface area (Å²) in [5.41, 5.74) is 2.60. The zero-order valence-corrected chi connectivity index (χ0v) is 12.1. The number of para-hydroxylation sites is 1. The van der Waals surface area contributed by atoms with E-state index in [1.807, 2.05) is 14.0 Å². The third-order valence-corrected chi connectivity index (χ3v) is 3.76. The van der Waals surface area contributed by atoms with Gasteiger partial charge in [-0.05, 0) is 25.0 Å². The smallest absolute Gasteiger partial charge is 0.234 e. The van der Waals surface area contributed by atoms with E-state index in [1.165, 1.54) is 11.3 Å². The van der Waals surface area contributed by atoms with Gasteiger partial charge >= 0.3 is 0 Å². The molecule has 3 rings (SSSR count). The SMILES string of the molecule is CCC1CN(c2nc(C)nc(NC)n2)c2ccccc21. The molecule has 0 fully saturated rings. The van der Waals surface area contributed by atoms with Crippen LogP contribution >= 0.6 is 0 Å². The van der Waals surface area contributed by atoms with E-state index in [4.69, 9.17) is 0 Å². The largest absolute Gasteiger partial charge is 0.357 e. The van der Waals surface area contributed by atoms with Crippen LogP contribution in [0, 0.1) is 6.92 Å². The van der Waals surface area contributed by atoms with Crippen molar-refractivity contribution in [2.24, 2.45) is 0 Å². The van der Waals surface area contributed by atoms with Crippen molar-refractivity contribution in [3.05, 3.63) is 35.7 Å². The fourth-order valence-electron chi connectivity index (χ4n) is 2.73. The fraction of sp³-hybridized carbons (Fsp3) is 0.400. The minimum absolute atomic E-state index is 0.543. The van der Waals surface area contributed by atoms with Crippen molar-refractivity contribution in [3.8, 4) is 0 Å². The van der Waals surface area contributed by atoms with E-state index < -0.39 is 0 Å². The van der Waals surface area contributed by atoms with Gasteiger partial charge in [0.25, 0.3) is 0 Å². The van der Waals surface area contributed by atoms with Crippen LogP contribution in [0.15, 0.2) is 24.3 Å². The Kier molecular flexibility index (Phi) is 3.26. The fourth-order valence-corrected chi connectivity index (χ4v) is 2.73. The molecule has 1 atom stereocenters. The van der Waals surface area contributed by atoms with Gasteiger partial charge in [0.1, 0.15) is 5.82 Å². The molecule has 0 amide bonds. The number of nitrogens with one attached hydrogen (secondary N) is 1. The quantitative estimate of drug-likeness (QED) is 0.928. The number of aryl methyl sites for hydroxylation is 1. The molecule has 0 spiro atoms. The summed E-state index contributed by atoms with van der Waals surface area (Å²) in [5, 5.41) is 2.99. The van der Waals surface area contributed by atoms with Gasteiger partial charge in [-0.3, -0.25) is 0 Å². The summed E-state index contributed by atoms with van der Waals surface area (Å²) in [7, 11) is 1.82. The number of hydrogen-bond donors (Lipinski definition) is 1. The van der Waals surface area contributed by atoms with Crippen molar-refractivity contribution < 1.29 is 0 Å². The maximum atomic E-state index is 4.50. The Bertz CT molecular complexity index is 625. The van der Waals surface area contributed by atoms with E-state index in [0.717, 1.165) is 24.7 Å². The van der Waals surface area contributed by atoms with Gasteiger partial charge in [0, 0.05) is 25.2 Å². The molecule has 1 aromatic heterocycles. The van der Waals surface area contributed by atoms with Gasteiger partial charge < -0.3 is 10.2 Å². The summed E-state index contributed by atoms with van der Waals surface area (Å²) in [5.74, 6) is 2.62. The highest BCUT2D eigenvalue weighted by atomic mass is 15.3. The van der Waals surface area contributed by atoms with E-state index >= 15 is 0 Å². The van der Waals surface area contributed by atoms with Gasteiger partial charge in [-0.2, -0.15) is 15.0 Å². The summed E-state index contributed by atoms with van der Waals surface area (Å²) in [6.07, 6.45) is 1.12. The molecular weight excluding hydrogens is 250 g/mol.